The highest BCUT2D eigenvalue weighted by Gasteiger charge is 2.25. The summed E-state index contributed by atoms with van der Waals surface area (Å²) in [6.45, 7) is 0. The summed E-state index contributed by atoms with van der Waals surface area (Å²) in [5, 5.41) is 7.26. The van der Waals surface area contributed by atoms with E-state index in [1.54, 1.807) is 0 Å². The molecule has 5 nitrogen and oxygen atoms in total. The third-order valence-electron chi connectivity index (χ3n) is 10.1. The Morgan fingerprint density at radius 2 is 0.860 bits per heavy atom. The van der Waals surface area contributed by atoms with Gasteiger partial charge < -0.3 is 4.40 Å². The van der Waals surface area contributed by atoms with Crippen LogP contribution in [0.3, 0.4) is 0 Å². The predicted molar refractivity (Wildman–Crippen MR) is 205 cm³/mol. The quantitative estimate of drug-likeness (QED) is 0.193. The van der Waals surface area contributed by atoms with Crippen LogP contribution in [0.2, 0.25) is 0 Å². The molecule has 0 atom stereocenters. The number of fused-ring (bicyclic) bond motifs is 10. The Bertz CT molecular complexity index is 3080. The van der Waals surface area contributed by atoms with E-state index >= 15 is 0 Å². The second-order valence-corrected chi connectivity index (χ2v) is 12.9. The van der Waals surface area contributed by atoms with Crippen molar-refractivity contribution in [3.05, 3.63) is 164 Å². The normalized spacial score (nSPS) is 12.0. The summed E-state index contributed by atoms with van der Waals surface area (Å²) in [5.74, 6) is 1.85. The molecule has 0 saturated heterocycles. The van der Waals surface area contributed by atoms with E-state index < -0.39 is 0 Å². The van der Waals surface area contributed by atoms with E-state index in [4.69, 9.17) is 15.0 Å². The molecular weight excluding hydrogens is 611 g/mol. The van der Waals surface area contributed by atoms with E-state index in [1.807, 2.05) is 24.3 Å². The molecule has 50 heavy (non-hydrogen) atoms. The van der Waals surface area contributed by atoms with Crippen LogP contribution < -0.4 is 0 Å². The summed E-state index contributed by atoms with van der Waals surface area (Å²) in [6, 6.07) is 57.6. The fourth-order valence-corrected chi connectivity index (χ4v) is 7.94. The van der Waals surface area contributed by atoms with Gasteiger partial charge in [0.1, 0.15) is 0 Å². The number of benzene rings is 7. The van der Waals surface area contributed by atoms with Gasteiger partial charge in [0.05, 0.1) is 27.6 Å². The molecule has 0 aliphatic rings. The van der Waals surface area contributed by atoms with Crippen molar-refractivity contribution in [3.8, 4) is 39.9 Å². The van der Waals surface area contributed by atoms with Crippen molar-refractivity contribution in [2.75, 3.05) is 0 Å². The van der Waals surface area contributed by atoms with Crippen LogP contribution in [-0.4, -0.2) is 23.9 Å². The second kappa shape index (κ2) is 10.3. The van der Waals surface area contributed by atoms with Crippen molar-refractivity contribution in [1.82, 2.24) is 23.9 Å². The third-order valence-corrected chi connectivity index (χ3v) is 10.1. The maximum Gasteiger partial charge on any atom is 0.238 e. The third kappa shape index (κ3) is 3.80. The minimum absolute atomic E-state index is 0.591. The Labute approximate surface area is 286 Å². The molecule has 4 heterocycles. The van der Waals surface area contributed by atoms with Crippen LogP contribution in [-0.2, 0) is 0 Å². The Balaban J connectivity index is 1.29. The van der Waals surface area contributed by atoms with Gasteiger partial charge in [0.15, 0.2) is 11.6 Å². The molecule has 0 radical (unpaired) electrons. The van der Waals surface area contributed by atoms with Crippen molar-refractivity contribution in [3.63, 3.8) is 0 Å². The topological polar surface area (TPSA) is 48.0 Å². The van der Waals surface area contributed by atoms with Crippen LogP contribution in [0, 0.1) is 0 Å². The first-order valence-electron chi connectivity index (χ1n) is 16.9. The van der Waals surface area contributed by atoms with Crippen molar-refractivity contribution in [2.45, 2.75) is 0 Å². The van der Waals surface area contributed by atoms with Gasteiger partial charge in [-0.3, -0.25) is 4.57 Å². The SMILES string of the molecule is c1ccc(-c2cccc(-c3nc(-c4ccccc4)nc(-n4c5ccccc5c5cc6c7ccccc7n7c8ccccc8c(c54)c67)n3)c2)cc1. The zero-order valence-corrected chi connectivity index (χ0v) is 26.8. The molecule has 11 aromatic rings. The van der Waals surface area contributed by atoms with Gasteiger partial charge >= 0.3 is 0 Å². The lowest BCUT2D eigenvalue weighted by Crippen LogP contribution is -2.06. The predicted octanol–water partition coefficient (Wildman–Crippen LogP) is 11.1. The van der Waals surface area contributed by atoms with Gasteiger partial charge in [-0.1, -0.05) is 133 Å². The van der Waals surface area contributed by atoms with Gasteiger partial charge in [-0.15, -0.1) is 0 Å². The summed E-state index contributed by atoms with van der Waals surface area (Å²) in [7, 11) is 0. The molecule has 0 amide bonds. The summed E-state index contributed by atoms with van der Waals surface area (Å²) >= 11 is 0. The first-order chi connectivity index (χ1) is 24.8. The number of aromatic nitrogens is 5. The van der Waals surface area contributed by atoms with E-state index in [2.05, 4.69) is 148 Å². The van der Waals surface area contributed by atoms with Gasteiger partial charge in [-0.2, -0.15) is 9.97 Å². The number of hydrogen-bond acceptors (Lipinski definition) is 3. The van der Waals surface area contributed by atoms with E-state index in [0.717, 1.165) is 38.7 Å². The van der Waals surface area contributed by atoms with Crippen molar-refractivity contribution in [1.29, 1.82) is 0 Å². The fourth-order valence-electron chi connectivity index (χ4n) is 7.94. The highest BCUT2D eigenvalue weighted by atomic mass is 15.2. The smallest absolute Gasteiger partial charge is 0.238 e. The summed E-state index contributed by atoms with van der Waals surface area (Å²) in [5.41, 5.74) is 9.92. The van der Waals surface area contributed by atoms with Crippen molar-refractivity contribution < 1.29 is 0 Å². The first-order valence-corrected chi connectivity index (χ1v) is 16.9. The van der Waals surface area contributed by atoms with Gasteiger partial charge in [0.25, 0.3) is 0 Å². The Morgan fingerprint density at radius 1 is 0.340 bits per heavy atom. The highest BCUT2D eigenvalue weighted by Crippen LogP contribution is 2.46. The molecule has 0 bridgehead atoms. The lowest BCUT2D eigenvalue weighted by molar-refractivity contribution is 0.955. The molecule has 0 aliphatic heterocycles. The summed E-state index contributed by atoms with van der Waals surface area (Å²) in [6.07, 6.45) is 0. The summed E-state index contributed by atoms with van der Waals surface area (Å²) in [4.78, 5) is 15.7. The lowest BCUT2D eigenvalue weighted by Gasteiger charge is -2.12. The monoisotopic (exact) mass is 637 g/mol. The molecule has 4 aromatic heterocycles. The van der Waals surface area contributed by atoms with Crippen LogP contribution in [0.4, 0.5) is 0 Å². The van der Waals surface area contributed by atoms with E-state index in [1.165, 1.54) is 43.5 Å². The van der Waals surface area contributed by atoms with Gasteiger partial charge in [0, 0.05) is 43.4 Å². The molecular formula is C45H27N5. The van der Waals surface area contributed by atoms with E-state index in [-0.39, 0.29) is 0 Å². The van der Waals surface area contributed by atoms with Crippen LogP contribution in [0.1, 0.15) is 0 Å². The standard InChI is InChI=1S/C45H27N5/c1-3-14-28(15-4-1)30-18-13-19-31(26-30)44-46-43(29-16-5-2-6-17-29)47-45(48-44)50-38-24-11-8-21-33(38)36-27-35-32-20-7-10-23-37(32)49-39-25-12-9-22-34(39)40(41(35)49)42(36)50/h1-27H. The molecule has 7 aromatic carbocycles. The maximum absolute atomic E-state index is 5.31. The van der Waals surface area contributed by atoms with Crippen LogP contribution in [0.25, 0.3) is 99.8 Å². The molecule has 5 heteroatoms. The average Bonchev–Trinajstić information content (AvgIpc) is 3.83. The number of para-hydroxylation sites is 3. The molecule has 0 spiro atoms. The zero-order valence-electron chi connectivity index (χ0n) is 26.8. The molecule has 0 N–H and O–H groups in total. The highest BCUT2D eigenvalue weighted by molar-refractivity contribution is 6.34. The van der Waals surface area contributed by atoms with Crippen LogP contribution in [0.15, 0.2) is 164 Å². The fraction of sp³-hybridized carbons (Fsp3) is 0. The largest absolute Gasteiger partial charge is 0.308 e. The maximum atomic E-state index is 5.31. The molecule has 0 fully saturated rings. The second-order valence-electron chi connectivity index (χ2n) is 12.9. The molecule has 0 unspecified atom stereocenters. The van der Waals surface area contributed by atoms with E-state index in [9.17, 15) is 0 Å². The zero-order chi connectivity index (χ0) is 32.8. The Morgan fingerprint density at radius 3 is 1.60 bits per heavy atom. The van der Waals surface area contributed by atoms with Gasteiger partial charge in [-0.05, 0) is 41.5 Å². The molecule has 0 saturated carbocycles. The molecule has 232 valence electrons. The van der Waals surface area contributed by atoms with Gasteiger partial charge in [0.2, 0.25) is 5.95 Å². The molecule has 11 rings (SSSR count). The first kappa shape index (κ1) is 27.1. The average molecular weight is 638 g/mol. The lowest BCUT2D eigenvalue weighted by atomic mass is 10.0. The summed E-state index contributed by atoms with van der Waals surface area (Å²) < 4.78 is 4.70. The van der Waals surface area contributed by atoms with Crippen LogP contribution in [0.5, 0.6) is 0 Å². The van der Waals surface area contributed by atoms with Crippen molar-refractivity contribution >= 4 is 59.9 Å². The Hall–Kier alpha value is -6.85. The van der Waals surface area contributed by atoms with E-state index in [0.29, 0.717) is 17.6 Å². The molecule has 0 aliphatic carbocycles. The number of rotatable bonds is 4. The minimum Gasteiger partial charge on any atom is -0.308 e. The number of nitrogens with zero attached hydrogens (tertiary/aromatic N) is 5. The Kier molecular flexibility index (Phi) is 5.60. The minimum atomic E-state index is 0.591. The number of hydrogen-bond donors (Lipinski definition) is 0. The van der Waals surface area contributed by atoms with Crippen LogP contribution >= 0.6 is 0 Å². The van der Waals surface area contributed by atoms with Crippen molar-refractivity contribution in [2.24, 2.45) is 0 Å². The van der Waals surface area contributed by atoms with Gasteiger partial charge in [-0.25, -0.2) is 4.98 Å².